The predicted molar refractivity (Wildman–Crippen MR) is 47.6 cm³/mol. The maximum absolute atomic E-state index is 11.7. The smallest absolute Gasteiger partial charge is 0.390 e. The van der Waals surface area contributed by atoms with Crippen LogP contribution in [0.1, 0.15) is 5.82 Å². The maximum atomic E-state index is 11.7. The molecule has 0 aliphatic rings. The fourth-order valence-electron chi connectivity index (χ4n) is 0.988. The molecule has 0 bridgehead atoms. The molecule has 0 aromatic carbocycles. The van der Waals surface area contributed by atoms with Crippen molar-refractivity contribution in [3.8, 4) is 6.07 Å². The summed E-state index contributed by atoms with van der Waals surface area (Å²) in [5, 5.41) is 25.9. The zero-order chi connectivity index (χ0) is 12.4. The minimum atomic E-state index is -0.911. The van der Waals surface area contributed by atoms with Crippen LogP contribution in [0.25, 0.3) is 0 Å². The van der Waals surface area contributed by atoms with Crippen molar-refractivity contribution in [2.75, 3.05) is 0 Å². The van der Waals surface area contributed by atoms with Crippen LogP contribution in [0.4, 0.5) is 10.7 Å². The molecule has 0 saturated carbocycles. The van der Waals surface area contributed by atoms with E-state index in [9.17, 15) is 14.9 Å². The zero-order valence-corrected chi connectivity index (χ0v) is 7.96. The van der Waals surface area contributed by atoms with Crippen LogP contribution in [0.5, 0.6) is 0 Å². The van der Waals surface area contributed by atoms with Crippen molar-refractivity contribution in [3.05, 3.63) is 28.6 Å². The molecule has 2 heterocycles. The quantitative estimate of drug-likeness (QED) is 0.458. The van der Waals surface area contributed by atoms with E-state index in [0.717, 1.165) is 17.3 Å². The van der Waals surface area contributed by atoms with Gasteiger partial charge < -0.3 is 10.1 Å². The molecular weight excluding hydrogens is 232 g/mol. The third-order valence-corrected chi connectivity index (χ3v) is 1.66. The van der Waals surface area contributed by atoms with Gasteiger partial charge in [0.15, 0.2) is 6.07 Å². The number of hydrogen-bond acceptors (Lipinski definition) is 8. The van der Waals surface area contributed by atoms with Crippen LogP contribution in [-0.2, 0) is 0 Å². The molecule has 2 rings (SSSR count). The Balaban J connectivity index is 2.49. The van der Waals surface area contributed by atoms with Crippen molar-refractivity contribution >= 4 is 12.0 Å². The number of nitriles is 1. The van der Waals surface area contributed by atoms with Gasteiger partial charge in [0, 0.05) is 5.10 Å². The van der Waals surface area contributed by atoms with Crippen molar-refractivity contribution < 1.29 is 9.72 Å². The average molecular weight is 234 g/mol. The van der Waals surface area contributed by atoms with Crippen LogP contribution >= 0.6 is 0 Å². The number of nitrogens with zero attached hydrogens (tertiary/aromatic N) is 8. The molecule has 0 N–H and O–H groups in total. The fraction of sp³-hybridized carbons (Fsp3) is 0. The van der Waals surface area contributed by atoms with E-state index in [1.165, 1.54) is 6.07 Å². The second kappa shape index (κ2) is 3.77. The summed E-state index contributed by atoms with van der Waals surface area (Å²) in [6, 6.07) is 0.627. The summed E-state index contributed by atoms with van der Waals surface area (Å²) in [4.78, 5) is 28.0. The van der Waals surface area contributed by atoms with E-state index in [4.69, 9.17) is 5.26 Å². The molecule has 2 aromatic rings. The molecule has 2 aromatic heterocycles. The average Bonchev–Trinajstić information content (AvgIpc) is 2.97. The van der Waals surface area contributed by atoms with Gasteiger partial charge in [-0.1, -0.05) is 4.68 Å². The Morgan fingerprint density at radius 1 is 1.59 bits per heavy atom. The molecule has 0 saturated heterocycles. The van der Waals surface area contributed by atoms with E-state index < -0.39 is 22.7 Å². The maximum Gasteiger partial charge on any atom is 0.492 e. The summed E-state index contributed by atoms with van der Waals surface area (Å²) in [5.74, 6) is -1.34. The van der Waals surface area contributed by atoms with Crippen molar-refractivity contribution in [2.24, 2.45) is 0 Å². The molecule has 84 valence electrons. The van der Waals surface area contributed by atoms with Crippen LogP contribution in [0.2, 0.25) is 0 Å². The Bertz CT molecular complexity index is 620. The lowest BCUT2D eigenvalue weighted by Gasteiger charge is -1.93. The molecule has 0 aliphatic carbocycles. The largest absolute Gasteiger partial charge is 0.492 e. The number of carbonyl (C=O) groups excluding carboxylic acids is 1. The third kappa shape index (κ3) is 1.69. The molecule has 0 fully saturated rings. The molecular formula is C6H2N8O3. The first-order valence-corrected chi connectivity index (χ1v) is 4.04. The van der Waals surface area contributed by atoms with E-state index in [2.05, 4.69) is 20.2 Å². The number of aromatic nitrogens is 6. The molecule has 0 aliphatic heterocycles. The SMILES string of the molecule is N#Cc1nc([N+](=O)[O-])nn1C(=O)n1cncn1. The number of rotatable bonds is 1. The number of nitro groups is 1. The number of hydrogen-bond donors (Lipinski definition) is 0. The van der Waals surface area contributed by atoms with Crippen LogP contribution in [0.3, 0.4) is 0 Å². The van der Waals surface area contributed by atoms with Gasteiger partial charge in [-0.15, -0.1) is 0 Å². The van der Waals surface area contributed by atoms with E-state index in [-0.39, 0.29) is 0 Å². The molecule has 0 atom stereocenters. The summed E-state index contributed by atoms with van der Waals surface area (Å²) in [6.45, 7) is 0. The molecule has 0 radical (unpaired) electrons. The lowest BCUT2D eigenvalue weighted by Crippen LogP contribution is -2.22. The van der Waals surface area contributed by atoms with E-state index >= 15 is 0 Å². The molecule has 0 spiro atoms. The van der Waals surface area contributed by atoms with Gasteiger partial charge in [-0.3, -0.25) is 0 Å². The summed E-state index contributed by atoms with van der Waals surface area (Å²) >= 11 is 0. The Morgan fingerprint density at radius 2 is 2.35 bits per heavy atom. The lowest BCUT2D eigenvalue weighted by atomic mass is 10.7. The first-order valence-electron chi connectivity index (χ1n) is 4.04. The topological polar surface area (TPSA) is 145 Å². The van der Waals surface area contributed by atoms with Crippen LogP contribution in [0, 0.1) is 21.4 Å². The highest BCUT2D eigenvalue weighted by molar-refractivity contribution is 5.78. The van der Waals surface area contributed by atoms with E-state index in [1.807, 2.05) is 0 Å². The van der Waals surface area contributed by atoms with Gasteiger partial charge in [-0.05, 0) is 9.91 Å². The van der Waals surface area contributed by atoms with E-state index in [1.54, 1.807) is 0 Å². The second-order valence-corrected chi connectivity index (χ2v) is 2.64. The van der Waals surface area contributed by atoms with E-state index in [0.29, 0.717) is 4.68 Å². The Labute approximate surface area is 92.1 Å². The third-order valence-electron chi connectivity index (χ3n) is 1.66. The summed E-state index contributed by atoms with van der Waals surface area (Å²) in [6.07, 6.45) is 2.16. The van der Waals surface area contributed by atoms with Crippen molar-refractivity contribution in [3.63, 3.8) is 0 Å². The van der Waals surface area contributed by atoms with Gasteiger partial charge in [0.2, 0.25) is 0 Å². The van der Waals surface area contributed by atoms with Crippen LogP contribution in [0.15, 0.2) is 12.7 Å². The lowest BCUT2D eigenvalue weighted by molar-refractivity contribution is -0.394. The highest BCUT2D eigenvalue weighted by atomic mass is 16.6. The van der Waals surface area contributed by atoms with Gasteiger partial charge in [0.1, 0.15) is 12.7 Å². The van der Waals surface area contributed by atoms with Crippen molar-refractivity contribution in [1.82, 2.24) is 29.5 Å². The normalized spacial score (nSPS) is 9.82. The second-order valence-electron chi connectivity index (χ2n) is 2.64. The molecule has 17 heavy (non-hydrogen) atoms. The standard InChI is InChI=1S/C6H2N8O3/c7-1-4-10-5(14(16)17)11-13(4)6(15)12-3-8-2-9-12/h2-3H. The summed E-state index contributed by atoms with van der Waals surface area (Å²) in [7, 11) is 0. The molecule has 11 heteroatoms. The fourth-order valence-corrected chi connectivity index (χ4v) is 0.988. The minimum Gasteiger partial charge on any atom is -0.390 e. The van der Waals surface area contributed by atoms with Gasteiger partial charge in [-0.2, -0.15) is 15.0 Å². The zero-order valence-electron chi connectivity index (χ0n) is 7.96. The molecule has 11 nitrogen and oxygen atoms in total. The van der Waals surface area contributed by atoms with Gasteiger partial charge in [-0.25, -0.2) is 9.78 Å². The Morgan fingerprint density at radius 3 is 2.88 bits per heavy atom. The van der Waals surface area contributed by atoms with Gasteiger partial charge in [0.25, 0.3) is 0 Å². The summed E-state index contributed by atoms with van der Waals surface area (Å²) < 4.78 is 1.24. The summed E-state index contributed by atoms with van der Waals surface area (Å²) in [5.41, 5.74) is 0. The Hall–Kier alpha value is -3.16. The van der Waals surface area contributed by atoms with Gasteiger partial charge >= 0.3 is 17.8 Å². The van der Waals surface area contributed by atoms with Crippen molar-refractivity contribution in [2.45, 2.75) is 0 Å². The Kier molecular flexibility index (Phi) is 2.30. The molecule has 0 unspecified atom stereocenters. The highest BCUT2D eigenvalue weighted by Crippen LogP contribution is 2.05. The van der Waals surface area contributed by atoms with Crippen molar-refractivity contribution in [1.29, 1.82) is 5.26 Å². The predicted octanol–water partition coefficient (Wildman–Crippen LogP) is -0.834. The first-order chi connectivity index (χ1) is 8.13. The highest BCUT2D eigenvalue weighted by Gasteiger charge is 2.27. The number of carbonyl (C=O) groups is 1. The minimum absolute atomic E-state index is 0.479. The monoisotopic (exact) mass is 234 g/mol. The first kappa shape index (κ1) is 10.4. The van der Waals surface area contributed by atoms with Crippen LogP contribution in [-0.4, -0.2) is 40.5 Å². The van der Waals surface area contributed by atoms with Crippen LogP contribution < -0.4 is 0 Å². The molecule has 0 amide bonds. The van der Waals surface area contributed by atoms with Gasteiger partial charge in [0.05, 0.1) is 0 Å².